The van der Waals surface area contributed by atoms with Crippen molar-refractivity contribution in [3.05, 3.63) is 106 Å². The number of nitrogens with zero attached hydrogens (tertiary/aromatic N) is 2. The predicted octanol–water partition coefficient (Wildman–Crippen LogP) is 5.30. The average molecular weight is 668 g/mol. The third-order valence-corrected chi connectivity index (χ3v) is 12.4. The first kappa shape index (κ1) is 28.1. The van der Waals surface area contributed by atoms with E-state index in [9.17, 15) is 9.18 Å². The van der Waals surface area contributed by atoms with Crippen LogP contribution in [0.1, 0.15) is 31.8 Å². The number of aromatic nitrogens is 2. The van der Waals surface area contributed by atoms with Crippen molar-refractivity contribution in [3.63, 3.8) is 0 Å². The predicted molar refractivity (Wildman–Crippen MR) is 154 cm³/mol. The van der Waals surface area contributed by atoms with Crippen LogP contribution in [0.15, 0.2) is 77.3 Å². The molecule has 0 aliphatic carbocycles. The van der Waals surface area contributed by atoms with E-state index in [2.05, 4.69) is 49.3 Å². The van der Waals surface area contributed by atoms with Crippen LogP contribution in [0.25, 0.3) is 21.4 Å². The topological polar surface area (TPSA) is 85.5 Å². The van der Waals surface area contributed by atoms with Crippen LogP contribution in [0.5, 0.6) is 5.75 Å². The monoisotopic (exact) mass is 670 g/mol. The minimum atomic E-state index is -1.00. The Morgan fingerprint density at radius 1 is 1.02 bits per heavy atom. The van der Waals surface area contributed by atoms with Gasteiger partial charge in [-0.25, -0.2) is 0 Å². The Labute approximate surface area is 244 Å². The van der Waals surface area contributed by atoms with Gasteiger partial charge in [0.2, 0.25) is 0 Å². The second-order valence-corrected chi connectivity index (χ2v) is 14.3. The summed E-state index contributed by atoms with van der Waals surface area (Å²) in [5.74, 6) is 0.0441. The van der Waals surface area contributed by atoms with E-state index in [1.54, 1.807) is 12.1 Å². The maximum absolute atomic E-state index is 13.4. The molecule has 0 spiro atoms. The second-order valence-electron chi connectivity index (χ2n) is 9.44. The Morgan fingerprint density at radius 2 is 1.75 bits per heavy atom. The number of rotatable bonds is 10. The van der Waals surface area contributed by atoms with Crippen LogP contribution in [-0.2, 0) is 11.2 Å². The molecular weight excluding hydrogens is 641 g/mol. The number of hydrogen-bond donors (Lipinski definition) is 1. The van der Waals surface area contributed by atoms with Gasteiger partial charge in [0.05, 0.1) is 0 Å². The summed E-state index contributed by atoms with van der Waals surface area (Å²) >= 11 is 0.0840. The summed E-state index contributed by atoms with van der Waals surface area (Å²) < 4.78 is 28.3. The van der Waals surface area contributed by atoms with Gasteiger partial charge in [-0.3, -0.25) is 0 Å². The number of carbonyl (C=O) groups is 1. The molecule has 0 saturated heterocycles. The van der Waals surface area contributed by atoms with Gasteiger partial charge in [0.1, 0.15) is 0 Å². The summed E-state index contributed by atoms with van der Waals surface area (Å²) in [5, 5.41) is 13.2. The Morgan fingerprint density at radius 3 is 2.45 bits per heavy atom. The van der Waals surface area contributed by atoms with Crippen LogP contribution >= 0.6 is 0 Å². The van der Waals surface area contributed by atoms with Crippen molar-refractivity contribution in [1.82, 2.24) is 10.1 Å². The van der Waals surface area contributed by atoms with Gasteiger partial charge in [-0.1, -0.05) is 0 Å². The van der Waals surface area contributed by atoms with Gasteiger partial charge in [0.15, 0.2) is 0 Å². The Hall–Kier alpha value is -3.48. The Balaban J connectivity index is 1.45. The maximum atomic E-state index is 13.4. The second kappa shape index (κ2) is 12.4. The van der Waals surface area contributed by atoms with Crippen LogP contribution in [0, 0.1) is 26.6 Å². The molecule has 0 bridgehead atoms. The summed E-state index contributed by atoms with van der Waals surface area (Å²) in [7, 11) is 0. The van der Waals surface area contributed by atoms with Gasteiger partial charge in [-0.2, -0.15) is 0 Å². The first-order chi connectivity index (χ1) is 19.2. The van der Waals surface area contributed by atoms with E-state index < -0.39 is 5.97 Å². The molecule has 9 heteroatoms. The number of aliphatic carboxylic acids is 1. The molecule has 0 fully saturated rings. The zero-order valence-corrected chi connectivity index (χ0v) is 25.6. The van der Waals surface area contributed by atoms with Crippen molar-refractivity contribution in [3.8, 4) is 27.1 Å². The van der Waals surface area contributed by atoms with Crippen LogP contribution in [0.2, 0.25) is 0 Å². The first-order valence-electron chi connectivity index (χ1n) is 12.6. The summed E-state index contributed by atoms with van der Waals surface area (Å²) in [5.41, 5.74) is 5.80. The van der Waals surface area contributed by atoms with E-state index in [0.717, 1.165) is 32.7 Å². The van der Waals surface area contributed by atoms with Crippen molar-refractivity contribution in [2.75, 3.05) is 6.61 Å². The minimum absolute atomic E-state index is 0.0233. The van der Waals surface area contributed by atoms with Crippen LogP contribution in [0.4, 0.5) is 4.39 Å². The molecule has 0 aliphatic heterocycles. The number of hydrogen-bond acceptors (Lipinski definition) is 5. The van der Waals surface area contributed by atoms with E-state index >= 15 is 0 Å². The van der Waals surface area contributed by atoms with Crippen molar-refractivity contribution >= 4 is 39.9 Å². The first-order valence-corrected chi connectivity index (χ1v) is 16.2. The summed E-state index contributed by atoms with van der Waals surface area (Å²) in [6, 6.07) is 22.6. The third kappa shape index (κ3) is 6.80. The molecule has 40 heavy (non-hydrogen) atoms. The molecule has 1 N–H and O–H groups in total. The molecular formula is C31H27FN2O4Se2. The van der Waals surface area contributed by atoms with Gasteiger partial charge in [0.25, 0.3) is 0 Å². The molecule has 3 aromatic carbocycles. The summed E-state index contributed by atoms with van der Waals surface area (Å²) in [4.78, 5) is 16.1. The number of carboxylic acids is 1. The van der Waals surface area contributed by atoms with Gasteiger partial charge in [0, 0.05) is 0 Å². The van der Waals surface area contributed by atoms with E-state index in [1.807, 2.05) is 25.1 Å². The van der Waals surface area contributed by atoms with E-state index in [4.69, 9.17) is 19.4 Å². The molecule has 1 unspecified atom stereocenters. The third-order valence-electron chi connectivity index (χ3n) is 6.28. The zero-order chi connectivity index (χ0) is 28.2. The van der Waals surface area contributed by atoms with Crippen LogP contribution in [0.3, 0.4) is 0 Å². The molecule has 5 aromatic rings. The quantitative estimate of drug-likeness (QED) is 0.204. The van der Waals surface area contributed by atoms with E-state index in [-0.39, 0.29) is 46.7 Å². The normalized spacial score (nSPS) is 11.9. The molecule has 0 amide bonds. The fraction of sp³-hybridized carbons (Fsp3) is 0.194. The summed E-state index contributed by atoms with van der Waals surface area (Å²) in [6.07, 6.45) is 0.662. The number of aryl methyl sites for hydroxylation is 3. The van der Waals surface area contributed by atoms with E-state index in [1.165, 1.54) is 26.6 Å². The fourth-order valence-electron chi connectivity index (χ4n) is 4.22. The SMILES string of the molecule is Cc1ccc(-c2nc(C)c(C(Cc3cc(-c4ccc(F)cc4)no3)[Se]c3ccc(OCC(=O)O)c(C)c3)[se]2)cc1. The van der Waals surface area contributed by atoms with E-state index in [0.29, 0.717) is 17.9 Å². The number of benzene rings is 3. The summed E-state index contributed by atoms with van der Waals surface area (Å²) in [6.45, 7) is 5.72. The number of halogens is 1. The standard InChI is InChI=1S/C31H27FN2O4Se2/c1-18-4-6-22(7-5-18)31-33-20(3)30(40-31)28(39-25-12-13-27(19(2)14-25)37-17-29(35)36)16-24-15-26(34-38-24)21-8-10-23(32)11-9-21/h4-15,28H,16-17H2,1-3H3,(H,35,36). The van der Waals surface area contributed by atoms with Gasteiger partial charge < -0.3 is 0 Å². The average Bonchev–Trinajstić information content (AvgIpc) is 3.55. The number of carboxylic acid groups (broad SMARTS) is 1. The van der Waals surface area contributed by atoms with Crippen molar-refractivity contribution in [1.29, 1.82) is 0 Å². The molecule has 204 valence electrons. The molecule has 2 heterocycles. The van der Waals surface area contributed by atoms with Gasteiger partial charge in [-0.05, 0) is 0 Å². The fourth-order valence-corrected chi connectivity index (χ4v) is 10.1. The van der Waals surface area contributed by atoms with Gasteiger partial charge >= 0.3 is 245 Å². The van der Waals surface area contributed by atoms with Crippen molar-refractivity contribution in [2.24, 2.45) is 0 Å². The molecule has 0 saturated carbocycles. The number of ether oxygens (including phenoxy) is 1. The van der Waals surface area contributed by atoms with Crippen LogP contribution < -0.4 is 9.20 Å². The zero-order valence-electron chi connectivity index (χ0n) is 22.2. The Bertz CT molecular complexity index is 1630. The molecule has 2 aromatic heterocycles. The van der Waals surface area contributed by atoms with Crippen LogP contribution in [-0.4, -0.2) is 57.3 Å². The van der Waals surface area contributed by atoms with Crippen molar-refractivity contribution in [2.45, 2.75) is 32.0 Å². The Kier molecular flexibility index (Phi) is 8.67. The molecule has 0 radical (unpaired) electrons. The van der Waals surface area contributed by atoms with Crippen molar-refractivity contribution < 1.29 is 23.6 Å². The molecule has 0 aliphatic rings. The van der Waals surface area contributed by atoms with Gasteiger partial charge in [-0.15, -0.1) is 0 Å². The molecule has 6 nitrogen and oxygen atoms in total. The molecule has 1 atom stereocenters. The molecule has 5 rings (SSSR count).